The fraction of sp³-hybridized carbons (Fsp3) is 0.857. The van der Waals surface area contributed by atoms with Gasteiger partial charge in [-0.2, -0.15) is 6.42 Å². The molecule has 0 N–H and O–H groups in total. The number of halogens is 1. The van der Waals surface area contributed by atoms with Gasteiger partial charge in [0.2, 0.25) is 0 Å². The van der Waals surface area contributed by atoms with Crippen LogP contribution in [0.5, 0.6) is 0 Å². The first-order chi connectivity index (χ1) is 6.18. The molecule has 0 bridgehead atoms. The molecular formula is C7H16BrO3PZn. The quantitative estimate of drug-likeness (QED) is 0.325. The number of hydrogen-bond donors (Lipinski definition) is 0. The molecule has 0 aromatic rings. The minimum absolute atomic E-state index is 0.411. The van der Waals surface area contributed by atoms with Crippen molar-refractivity contribution >= 4 is 21.2 Å². The summed E-state index contributed by atoms with van der Waals surface area (Å²) in [6.07, 6.45) is 4.37. The van der Waals surface area contributed by atoms with E-state index in [0.29, 0.717) is 6.16 Å². The first-order valence-corrected chi connectivity index (χ1v) is 12.6. The topological polar surface area (TPSA) is 35.5 Å². The molecule has 0 radical (unpaired) electrons. The van der Waals surface area contributed by atoms with E-state index in [1.165, 1.54) is 30.6 Å². The van der Waals surface area contributed by atoms with Gasteiger partial charge in [-0.1, -0.05) is 19.5 Å². The van der Waals surface area contributed by atoms with Crippen LogP contribution in [0.1, 0.15) is 19.8 Å². The average molecular weight is 324 g/mol. The maximum absolute atomic E-state index is 11.3. The molecule has 0 heterocycles. The van der Waals surface area contributed by atoms with Gasteiger partial charge in [0.15, 0.2) is 0 Å². The van der Waals surface area contributed by atoms with Crippen LogP contribution in [0.4, 0.5) is 0 Å². The molecular weight excluding hydrogens is 308 g/mol. The summed E-state index contributed by atoms with van der Waals surface area (Å²) in [7, 11) is 0.0472. The molecule has 6 heteroatoms. The van der Waals surface area contributed by atoms with Gasteiger partial charge in [0.1, 0.15) is 0 Å². The van der Waals surface area contributed by atoms with Crippen LogP contribution in [-0.4, -0.2) is 20.4 Å². The van der Waals surface area contributed by atoms with E-state index in [4.69, 9.17) is 9.05 Å². The molecule has 0 saturated heterocycles. The van der Waals surface area contributed by atoms with Crippen LogP contribution in [0.3, 0.4) is 0 Å². The predicted octanol–water partition coefficient (Wildman–Crippen LogP) is 3.32. The summed E-state index contributed by atoms with van der Waals surface area (Å²) in [6, 6.07) is 0. The maximum atomic E-state index is 11.3. The number of unbranched alkanes of at least 4 members (excludes halogenated alkanes) is 2. The van der Waals surface area contributed by atoms with Crippen molar-refractivity contribution in [1.82, 2.24) is 0 Å². The van der Waals surface area contributed by atoms with Crippen LogP contribution in [0.15, 0.2) is 0 Å². The van der Waals surface area contributed by atoms with Gasteiger partial charge < -0.3 is 15.5 Å². The van der Waals surface area contributed by atoms with E-state index in [2.05, 4.69) is 20.5 Å². The van der Waals surface area contributed by atoms with E-state index in [0.717, 1.165) is 12.8 Å². The molecule has 0 spiro atoms. The first-order valence-electron chi connectivity index (χ1n) is 3.97. The van der Waals surface area contributed by atoms with Gasteiger partial charge in [0, 0.05) is 14.2 Å². The Morgan fingerprint density at radius 2 is 1.85 bits per heavy atom. The Morgan fingerprint density at radius 3 is 2.15 bits per heavy atom. The van der Waals surface area contributed by atoms with E-state index in [1.54, 1.807) is 0 Å². The summed E-state index contributed by atoms with van der Waals surface area (Å²) in [6.45, 7) is 2.07. The Kier molecular flexibility index (Phi) is 14.5. The Bertz CT molecular complexity index is 138. The Morgan fingerprint density at radius 1 is 1.38 bits per heavy atom. The number of rotatable bonds is 6. The van der Waals surface area contributed by atoms with Crippen LogP contribution < -0.4 is 0 Å². The van der Waals surface area contributed by atoms with Crippen molar-refractivity contribution < 1.29 is 30.0 Å². The van der Waals surface area contributed by atoms with Gasteiger partial charge in [-0.3, -0.25) is 4.57 Å². The average Bonchev–Trinajstić information content (AvgIpc) is 2.21. The van der Waals surface area contributed by atoms with Gasteiger partial charge in [-0.25, -0.2) is 0 Å². The monoisotopic (exact) mass is 322 g/mol. The standard InChI is InChI=1S/C7H16O3P.BrH.Zn/c1-4-5-6-7-11(8,9-2)10-3;;/h6H,4-5,7H2,1-3H3;1H;/q-1;;+2/p-1. The molecule has 0 aliphatic rings. The van der Waals surface area contributed by atoms with E-state index in [9.17, 15) is 4.57 Å². The zero-order valence-corrected chi connectivity index (χ0v) is 13.9. The molecule has 0 atom stereocenters. The van der Waals surface area contributed by atoms with Crippen LogP contribution in [0.25, 0.3) is 0 Å². The SMILES string of the molecule is CCC[CH-]CP(=O)(OC)OC.[Zn+][Br]. The summed E-state index contributed by atoms with van der Waals surface area (Å²) in [5.41, 5.74) is 0. The predicted molar refractivity (Wildman–Crippen MR) is 54.6 cm³/mol. The molecule has 0 aromatic heterocycles. The first kappa shape index (κ1) is 16.7. The Balaban J connectivity index is 0. The van der Waals surface area contributed by atoms with Crippen LogP contribution in [0, 0.1) is 6.42 Å². The van der Waals surface area contributed by atoms with Crippen LogP contribution >= 0.6 is 21.2 Å². The summed E-state index contributed by atoms with van der Waals surface area (Å²) in [5, 5.41) is 0. The van der Waals surface area contributed by atoms with Crippen molar-refractivity contribution in [2.75, 3.05) is 20.4 Å². The van der Waals surface area contributed by atoms with Crippen LogP contribution in [0.2, 0.25) is 0 Å². The molecule has 0 aliphatic heterocycles. The second kappa shape index (κ2) is 11.3. The van der Waals surface area contributed by atoms with Crippen molar-refractivity contribution in [3.05, 3.63) is 6.42 Å². The third-order valence-electron chi connectivity index (χ3n) is 1.40. The molecule has 0 unspecified atom stereocenters. The van der Waals surface area contributed by atoms with Gasteiger partial charge >= 0.3 is 37.6 Å². The summed E-state index contributed by atoms with van der Waals surface area (Å²) >= 11 is 4.25. The molecule has 0 amide bonds. The van der Waals surface area contributed by atoms with Crippen molar-refractivity contribution in [3.8, 4) is 0 Å². The van der Waals surface area contributed by atoms with Crippen molar-refractivity contribution in [2.24, 2.45) is 0 Å². The second-order valence-corrected chi connectivity index (χ2v) is 4.55. The van der Waals surface area contributed by atoms with Crippen LogP contribution in [-0.2, 0) is 30.0 Å². The van der Waals surface area contributed by atoms with Gasteiger partial charge in [0.05, 0.1) is 0 Å². The molecule has 0 aromatic carbocycles. The van der Waals surface area contributed by atoms with E-state index in [1.807, 2.05) is 6.42 Å². The van der Waals surface area contributed by atoms with E-state index in [-0.39, 0.29) is 0 Å². The molecule has 0 rings (SSSR count). The zero-order valence-electron chi connectivity index (χ0n) is 8.46. The third-order valence-corrected chi connectivity index (χ3v) is 3.22. The summed E-state index contributed by atoms with van der Waals surface area (Å²) in [4.78, 5) is 0. The molecule has 3 nitrogen and oxygen atoms in total. The fourth-order valence-corrected chi connectivity index (χ4v) is 1.62. The Hall–Kier alpha value is 1.25. The van der Waals surface area contributed by atoms with Gasteiger partial charge in [-0.05, 0) is 0 Å². The minimum atomic E-state index is -2.77. The zero-order chi connectivity index (χ0) is 10.7. The molecule has 13 heavy (non-hydrogen) atoms. The fourth-order valence-electron chi connectivity index (χ4n) is 0.677. The summed E-state index contributed by atoms with van der Waals surface area (Å²) < 4.78 is 20.8. The Labute approximate surface area is 97.5 Å². The van der Waals surface area contributed by atoms with Gasteiger partial charge in [0.25, 0.3) is 0 Å². The second-order valence-electron chi connectivity index (χ2n) is 2.24. The molecule has 0 aliphatic carbocycles. The van der Waals surface area contributed by atoms with Crippen molar-refractivity contribution in [3.63, 3.8) is 0 Å². The molecule has 0 saturated carbocycles. The summed E-state index contributed by atoms with van der Waals surface area (Å²) in [5.74, 6) is 0. The van der Waals surface area contributed by atoms with Crippen molar-refractivity contribution in [1.29, 1.82) is 0 Å². The van der Waals surface area contributed by atoms with E-state index < -0.39 is 7.60 Å². The molecule has 76 valence electrons. The van der Waals surface area contributed by atoms with Gasteiger partial charge in [-0.15, -0.1) is 0 Å². The molecule has 0 fully saturated rings. The van der Waals surface area contributed by atoms with E-state index >= 15 is 0 Å². The van der Waals surface area contributed by atoms with Crippen molar-refractivity contribution in [2.45, 2.75) is 19.8 Å². The third kappa shape index (κ3) is 9.56. The normalized spacial score (nSPS) is 10.6. The number of hydrogen-bond acceptors (Lipinski definition) is 3.